The fourth-order valence-electron chi connectivity index (χ4n) is 4.17. The summed E-state index contributed by atoms with van der Waals surface area (Å²) in [5.74, 6) is 0.825. The predicted molar refractivity (Wildman–Crippen MR) is 125 cm³/mol. The first-order valence-electron chi connectivity index (χ1n) is 10.7. The lowest BCUT2D eigenvalue weighted by atomic mass is 10.0. The number of nitrogens with zero attached hydrogens (tertiary/aromatic N) is 5. The fraction of sp³-hybridized carbons (Fsp3) is 0.333. The van der Waals surface area contributed by atoms with Gasteiger partial charge in [-0.25, -0.2) is 9.97 Å². The molecule has 31 heavy (non-hydrogen) atoms. The average molecular weight is 452 g/mol. The molecule has 0 saturated carbocycles. The standard InChI is InChI=1S/C24H23Cl2N5/c25-19-5-3-4-18(23(19)26)21-8-7-16(12-28-21)14-31-11-9-20-17(15-31)13-29-24(30-20)22-6-1-2-10-27-22/h3-5,7-8,12-13H,1-2,6,9-11,14-15H2. The van der Waals surface area contributed by atoms with Crippen molar-refractivity contribution in [3.8, 4) is 11.3 Å². The minimum Gasteiger partial charge on any atom is -0.294 e. The highest BCUT2D eigenvalue weighted by Gasteiger charge is 2.20. The third-order valence-electron chi connectivity index (χ3n) is 5.85. The van der Waals surface area contributed by atoms with Gasteiger partial charge in [-0.2, -0.15) is 0 Å². The van der Waals surface area contributed by atoms with E-state index in [9.17, 15) is 0 Å². The van der Waals surface area contributed by atoms with Crippen molar-refractivity contribution in [1.82, 2.24) is 19.9 Å². The second kappa shape index (κ2) is 9.03. The maximum absolute atomic E-state index is 6.33. The van der Waals surface area contributed by atoms with E-state index in [1.54, 1.807) is 6.07 Å². The Morgan fingerprint density at radius 2 is 1.90 bits per heavy atom. The maximum Gasteiger partial charge on any atom is 0.173 e. The van der Waals surface area contributed by atoms with E-state index in [1.807, 2.05) is 30.6 Å². The van der Waals surface area contributed by atoms with Crippen molar-refractivity contribution in [3.05, 3.63) is 75.4 Å². The molecule has 4 heterocycles. The van der Waals surface area contributed by atoms with Crippen LogP contribution in [0.15, 0.2) is 47.7 Å². The van der Waals surface area contributed by atoms with Crippen molar-refractivity contribution in [1.29, 1.82) is 0 Å². The van der Waals surface area contributed by atoms with Crippen LogP contribution in [0.5, 0.6) is 0 Å². The number of aliphatic imine (C=N–C) groups is 1. The number of aromatic nitrogens is 3. The molecule has 0 spiro atoms. The summed E-state index contributed by atoms with van der Waals surface area (Å²) in [6, 6.07) is 9.72. The number of rotatable bonds is 4. The fourth-order valence-corrected chi connectivity index (χ4v) is 4.56. The molecule has 0 amide bonds. The molecular formula is C24H23Cl2N5. The first-order chi connectivity index (χ1) is 15.2. The molecule has 5 rings (SSSR count). The monoisotopic (exact) mass is 451 g/mol. The summed E-state index contributed by atoms with van der Waals surface area (Å²) in [6.45, 7) is 3.56. The lowest BCUT2D eigenvalue weighted by Gasteiger charge is -2.28. The maximum atomic E-state index is 6.33. The van der Waals surface area contributed by atoms with E-state index in [1.165, 1.54) is 29.7 Å². The summed E-state index contributed by atoms with van der Waals surface area (Å²) in [4.78, 5) is 21.1. The zero-order chi connectivity index (χ0) is 21.2. The number of hydrogen-bond acceptors (Lipinski definition) is 5. The first-order valence-corrected chi connectivity index (χ1v) is 11.4. The molecule has 7 heteroatoms. The van der Waals surface area contributed by atoms with Gasteiger partial charge in [-0.05, 0) is 37.0 Å². The van der Waals surface area contributed by atoms with Crippen molar-refractivity contribution in [2.75, 3.05) is 13.1 Å². The SMILES string of the molecule is Clc1cccc(-c2ccc(CN3CCc4nc(C5=NCCCC5)ncc4C3)cn2)c1Cl. The van der Waals surface area contributed by atoms with Crippen LogP contribution in [0.25, 0.3) is 11.3 Å². The lowest BCUT2D eigenvalue weighted by Crippen LogP contribution is -2.31. The van der Waals surface area contributed by atoms with E-state index in [-0.39, 0.29) is 0 Å². The number of hydrogen-bond donors (Lipinski definition) is 0. The highest BCUT2D eigenvalue weighted by atomic mass is 35.5. The van der Waals surface area contributed by atoms with Crippen LogP contribution in [0.1, 0.15) is 41.9 Å². The van der Waals surface area contributed by atoms with Crippen LogP contribution in [0.4, 0.5) is 0 Å². The molecule has 158 valence electrons. The molecular weight excluding hydrogens is 429 g/mol. The molecule has 1 aromatic carbocycles. The Hall–Kier alpha value is -2.34. The van der Waals surface area contributed by atoms with Crippen molar-refractivity contribution < 1.29 is 0 Å². The topological polar surface area (TPSA) is 54.3 Å². The molecule has 2 aliphatic heterocycles. The van der Waals surface area contributed by atoms with Crippen LogP contribution in [-0.2, 0) is 19.5 Å². The van der Waals surface area contributed by atoms with Gasteiger partial charge in [0.2, 0.25) is 0 Å². The van der Waals surface area contributed by atoms with Crippen LogP contribution in [0.3, 0.4) is 0 Å². The van der Waals surface area contributed by atoms with Crippen molar-refractivity contribution in [2.24, 2.45) is 4.99 Å². The largest absolute Gasteiger partial charge is 0.294 e. The molecule has 0 bridgehead atoms. The average Bonchev–Trinajstić information content (AvgIpc) is 2.82. The Bertz CT molecular complexity index is 1130. The Labute approximate surface area is 192 Å². The highest BCUT2D eigenvalue weighted by Crippen LogP contribution is 2.32. The van der Waals surface area contributed by atoms with Crippen LogP contribution < -0.4 is 0 Å². The Morgan fingerprint density at radius 1 is 0.968 bits per heavy atom. The van der Waals surface area contributed by atoms with Gasteiger partial charge in [0.25, 0.3) is 0 Å². The van der Waals surface area contributed by atoms with E-state index in [0.717, 1.165) is 61.8 Å². The molecule has 0 saturated heterocycles. The van der Waals surface area contributed by atoms with Crippen molar-refractivity contribution in [3.63, 3.8) is 0 Å². The molecule has 0 atom stereocenters. The van der Waals surface area contributed by atoms with Crippen LogP contribution >= 0.6 is 23.2 Å². The van der Waals surface area contributed by atoms with E-state index < -0.39 is 0 Å². The Morgan fingerprint density at radius 3 is 2.71 bits per heavy atom. The van der Waals surface area contributed by atoms with Gasteiger partial charge >= 0.3 is 0 Å². The molecule has 2 aromatic heterocycles. The molecule has 0 aliphatic carbocycles. The van der Waals surface area contributed by atoms with Gasteiger partial charge in [-0.3, -0.25) is 14.9 Å². The zero-order valence-electron chi connectivity index (χ0n) is 17.2. The zero-order valence-corrected chi connectivity index (χ0v) is 18.7. The van der Waals surface area contributed by atoms with Gasteiger partial charge in [0, 0.05) is 56.1 Å². The molecule has 0 radical (unpaired) electrons. The van der Waals surface area contributed by atoms with E-state index >= 15 is 0 Å². The number of fused-ring (bicyclic) bond motifs is 1. The molecule has 0 unspecified atom stereocenters. The van der Waals surface area contributed by atoms with Gasteiger partial charge in [-0.15, -0.1) is 0 Å². The van der Waals surface area contributed by atoms with Crippen molar-refractivity contribution in [2.45, 2.75) is 38.8 Å². The molecule has 0 fully saturated rings. The number of halogens is 2. The second-order valence-corrected chi connectivity index (χ2v) is 8.85. The Kier molecular flexibility index (Phi) is 5.99. The molecule has 3 aromatic rings. The van der Waals surface area contributed by atoms with Gasteiger partial charge in [-0.1, -0.05) is 41.4 Å². The van der Waals surface area contributed by atoms with Crippen LogP contribution in [0, 0.1) is 0 Å². The minimum absolute atomic E-state index is 0.538. The molecule has 5 nitrogen and oxygen atoms in total. The van der Waals surface area contributed by atoms with Gasteiger partial charge in [0.15, 0.2) is 5.82 Å². The van der Waals surface area contributed by atoms with E-state index in [0.29, 0.717) is 10.0 Å². The third-order valence-corrected chi connectivity index (χ3v) is 6.67. The van der Waals surface area contributed by atoms with Gasteiger partial charge in [0.05, 0.1) is 27.1 Å². The predicted octanol–water partition coefficient (Wildman–Crippen LogP) is 5.38. The van der Waals surface area contributed by atoms with Crippen molar-refractivity contribution >= 4 is 28.9 Å². The second-order valence-electron chi connectivity index (χ2n) is 8.06. The highest BCUT2D eigenvalue weighted by molar-refractivity contribution is 6.43. The normalized spacial score (nSPS) is 16.6. The summed E-state index contributed by atoms with van der Waals surface area (Å²) >= 11 is 12.5. The number of benzene rings is 1. The van der Waals surface area contributed by atoms with Gasteiger partial charge < -0.3 is 0 Å². The molecule has 0 N–H and O–H groups in total. The summed E-state index contributed by atoms with van der Waals surface area (Å²) in [5, 5.41) is 1.08. The van der Waals surface area contributed by atoms with E-state index in [4.69, 9.17) is 28.2 Å². The quantitative estimate of drug-likeness (QED) is 0.534. The third kappa shape index (κ3) is 4.49. The van der Waals surface area contributed by atoms with Crippen LogP contribution in [-0.4, -0.2) is 38.7 Å². The summed E-state index contributed by atoms with van der Waals surface area (Å²) in [7, 11) is 0. The smallest absolute Gasteiger partial charge is 0.173 e. The Balaban J connectivity index is 1.27. The van der Waals surface area contributed by atoms with Gasteiger partial charge in [0.1, 0.15) is 0 Å². The summed E-state index contributed by atoms with van der Waals surface area (Å²) in [6.07, 6.45) is 8.19. The number of pyridine rings is 1. The molecule has 2 aliphatic rings. The lowest BCUT2D eigenvalue weighted by molar-refractivity contribution is 0.242. The van der Waals surface area contributed by atoms with E-state index in [2.05, 4.69) is 25.9 Å². The summed E-state index contributed by atoms with van der Waals surface area (Å²) in [5.41, 5.74) is 6.29. The van der Waals surface area contributed by atoms with Crippen LogP contribution in [0.2, 0.25) is 10.0 Å². The summed E-state index contributed by atoms with van der Waals surface area (Å²) < 4.78 is 0. The first kappa shape index (κ1) is 20.6. The minimum atomic E-state index is 0.538.